The molecule has 90 valence electrons. The normalized spacial score (nSPS) is 14.7. The number of carbonyl (C=O) groups is 1. The summed E-state index contributed by atoms with van der Waals surface area (Å²) in [7, 11) is 0. The molecule has 0 aromatic carbocycles. The molecule has 0 aliphatic carbocycles. The first kappa shape index (κ1) is 12.7. The predicted molar refractivity (Wildman–Crippen MR) is 55.1 cm³/mol. The Labute approximate surface area is 92.5 Å². The molecule has 1 atom stereocenters. The second kappa shape index (κ2) is 5.11. The van der Waals surface area contributed by atoms with Gasteiger partial charge in [0.25, 0.3) is 0 Å². The SMILES string of the molecule is CC(O)(CO)CNCc1ccoc1C(=O)O. The smallest absolute Gasteiger partial charge is 0.372 e. The molecule has 16 heavy (non-hydrogen) atoms. The number of nitrogens with one attached hydrogen (secondary N) is 1. The molecule has 0 aliphatic heterocycles. The second-order valence-electron chi connectivity index (χ2n) is 3.84. The zero-order valence-electron chi connectivity index (χ0n) is 8.93. The molecule has 0 bridgehead atoms. The van der Waals surface area contributed by atoms with Crippen molar-refractivity contribution in [1.29, 1.82) is 0 Å². The van der Waals surface area contributed by atoms with Gasteiger partial charge in [0.15, 0.2) is 0 Å². The van der Waals surface area contributed by atoms with Crippen molar-refractivity contribution in [2.75, 3.05) is 13.2 Å². The lowest BCUT2D eigenvalue weighted by atomic mass is 10.1. The van der Waals surface area contributed by atoms with Crippen LogP contribution in [0.4, 0.5) is 0 Å². The number of carboxylic acids is 1. The topological polar surface area (TPSA) is 103 Å². The van der Waals surface area contributed by atoms with Gasteiger partial charge in [-0.3, -0.25) is 0 Å². The maximum absolute atomic E-state index is 10.7. The van der Waals surface area contributed by atoms with Crippen molar-refractivity contribution in [3.63, 3.8) is 0 Å². The molecule has 4 N–H and O–H groups in total. The van der Waals surface area contributed by atoms with E-state index in [2.05, 4.69) is 5.32 Å². The summed E-state index contributed by atoms with van der Waals surface area (Å²) in [6, 6.07) is 1.55. The van der Waals surface area contributed by atoms with Gasteiger partial charge in [-0.15, -0.1) is 0 Å². The van der Waals surface area contributed by atoms with Gasteiger partial charge in [-0.1, -0.05) is 0 Å². The fourth-order valence-corrected chi connectivity index (χ4v) is 1.18. The van der Waals surface area contributed by atoms with Crippen molar-refractivity contribution in [2.24, 2.45) is 0 Å². The van der Waals surface area contributed by atoms with Gasteiger partial charge >= 0.3 is 5.97 Å². The highest BCUT2D eigenvalue weighted by Gasteiger charge is 2.19. The largest absolute Gasteiger partial charge is 0.475 e. The number of aliphatic hydroxyl groups is 2. The number of carboxylic acid groups (broad SMARTS) is 1. The molecule has 1 aromatic rings. The number of furan rings is 1. The Hall–Kier alpha value is -1.37. The lowest BCUT2D eigenvalue weighted by Gasteiger charge is -2.20. The number of hydrogen-bond donors (Lipinski definition) is 4. The van der Waals surface area contributed by atoms with Gasteiger partial charge in [0.2, 0.25) is 5.76 Å². The fraction of sp³-hybridized carbons (Fsp3) is 0.500. The summed E-state index contributed by atoms with van der Waals surface area (Å²) < 4.78 is 4.78. The molecule has 0 spiro atoms. The van der Waals surface area contributed by atoms with E-state index < -0.39 is 11.6 Å². The number of aliphatic hydroxyl groups excluding tert-OH is 1. The minimum Gasteiger partial charge on any atom is -0.475 e. The summed E-state index contributed by atoms with van der Waals surface area (Å²) >= 11 is 0. The van der Waals surface area contributed by atoms with Gasteiger partial charge in [-0.25, -0.2) is 4.79 Å². The average Bonchev–Trinajstić information content (AvgIpc) is 2.66. The maximum atomic E-state index is 10.7. The first-order valence-corrected chi connectivity index (χ1v) is 4.80. The van der Waals surface area contributed by atoms with E-state index in [1.165, 1.54) is 13.2 Å². The molecule has 0 radical (unpaired) electrons. The van der Waals surface area contributed by atoms with Crippen molar-refractivity contribution in [3.8, 4) is 0 Å². The predicted octanol–water partition coefficient (Wildman–Crippen LogP) is -0.189. The molecule has 6 heteroatoms. The summed E-state index contributed by atoms with van der Waals surface area (Å²) in [5, 5.41) is 29.9. The van der Waals surface area contributed by atoms with Crippen LogP contribution in [-0.4, -0.2) is 40.0 Å². The Bertz CT molecular complexity index is 358. The van der Waals surface area contributed by atoms with Gasteiger partial charge in [0, 0.05) is 18.7 Å². The summed E-state index contributed by atoms with van der Waals surface area (Å²) in [4.78, 5) is 10.7. The lowest BCUT2D eigenvalue weighted by Crippen LogP contribution is -2.40. The Kier molecular flexibility index (Phi) is 4.05. The second-order valence-corrected chi connectivity index (χ2v) is 3.84. The molecule has 0 saturated carbocycles. The molecule has 1 aromatic heterocycles. The van der Waals surface area contributed by atoms with E-state index in [4.69, 9.17) is 14.6 Å². The molecule has 6 nitrogen and oxygen atoms in total. The molecule has 1 rings (SSSR count). The summed E-state index contributed by atoms with van der Waals surface area (Å²) in [5.41, 5.74) is -0.714. The van der Waals surface area contributed by atoms with Crippen LogP contribution in [0.3, 0.4) is 0 Å². The van der Waals surface area contributed by atoms with Gasteiger partial charge in [0.1, 0.15) is 0 Å². The Morgan fingerprint density at radius 1 is 1.62 bits per heavy atom. The molecule has 1 unspecified atom stereocenters. The van der Waals surface area contributed by atoms with Crippen LogP contribution >= 0.6 is 0 Å². The van der Waals surface area contributed by atoms with Gasteiger partial charge in [0.05, 0.1) is 18.5 Å². The van der Waals surface area contributed by atoms with Gasteiger partial charge in [-0.05, 0) is 13.0 Å². The third kappa shape index (κ3) is 3.34. The van der Waals surface area contributed by atoms with Crippen molar-refractivity contribution in [2.45, 2.75) is 19.1 Å². The molecule has 0 aliphatic rings. The Balaban J connectivity index is 2.49. The summed E-state index contributed by atoms with van der Waals surface area (Å²) in [5.74, 6) is -1.24. The molecule has 0 amide bonds. The molecule has 0 saturated heterocycles. The van der Waals surface area contributed by atoms with Crippen LogP contribution in [-0.2, 0) is 6.54 Å². The van der Waals surface area contributed by atoms with Crippen molar-refractivity contribution < 1.29 is 24.5 Å². The Morgan fingerprint density at radius 2 is 2.31 bits per heavy atom. The van der Waals surface area contributed by atoms with E-state index in [9.17, 15) is 9.90 Å². The summed E-state index contributed by atoms with van der Waals surface area (Å²) in [6.45, 7) is 1.53. The van der Waals surface area contributed by atoms with Crippen LogP contribution in [0, 0.1) is 0 Å². The van der Waals surface area contributed by atoms with Crippen LogP contribution in [0.2, 0.25) is 0 Å². The van der Waals surface area contributed by atoms with Crippen LogP contribution in [0.1, 0.15) is 23.0 Å². The van der Waals surface area contributed by atoms with E-state index in [1.54, 1.807) is 6.07 Å². The highest BCUT2D eigenvalue weighted by Crippen LogP contribution is 2.10. The van der Waals surface area contributed by atoms with E-state index in [1.807, 2.05) is 0 Å². The van der Waals surface area contributed by atoms with Crippen molar-refractivity contribution in [1.82, 2.24) is 5.32 Å². The minimum absolute atomic E-state index is 0.115. The highest BCUT2D eigenvalue weighted by atomic mass is 16.4. The number of rotatable bonds is 6. The zero-order chi connectivity index (χ0) is 12.2. The van der Waals surface area contributed by atoms with Crippen molar-refractivity contribution in [3.05, 3.63) is 23.7 Å². The molecule has 0 fully saturated rings. The van der Waals surface area contributed by atoms with Gasteiger partial charge in [-0.2, -0.15) is 0 Å². The monoisotopic (exact) mass is 229 g/mol. The zero-order valence-corrected chi connectivity index (χ0v) is 8.93. The van der Waals surface area contributed by atoms with E-state index in [-0.39, 0.29) is 25.5 Å². The number of hydrogen-bond acceptors (Lipinski definition) is 5. The van der Waals surface area contributed by atoms with E-state index in [0.717, 1.165) is 0 Å². The third-order valence-electron chi connectivity index (χ3n) is 2.10. The third-order valence-corrected chi connectivity index (χ3v) is 2.10. The minimum atomic E-state index is -1.22. The quantitative estimate of drug-likeness (QED) is 0.539. The first-order valence-electron chi connectivity index (χ1n) is 4.80. The first-order chi connectivity index (χ1) is 7.46. The number of aromatic carboxylic acids is 1. The van der Waals surface area contributed by atoms with E-state index >= 15 is 0 Å². The van der Waals surface area contributed by atoms with Crippen LogP contribution in [0.25, 0.3) is 0 Å². The molecular formula is C10H15NO5. The van der Waals surface area contributed by atoms with Gasteiger partial charge < -0.3 is 25.1 Å². The van der Waals surface area contributed by atoms with E-state index in [0.29, 0.717) is 5.56 Å². The van der Waals surface area contributed by atoms with Crippen LogP contribution in [0.15, 0.2) is 16.7 Å². The highest BCUT2D eigenvalue weighted by molar-refractivity contribution is 5.86. The lowest BCUT2D eigenvalue weighted by molar-refractivity contribution is 0.00252. The molecule has 1 heterocycles. The Morgan fingerprint density at radius 3 is 2.88 bits per heavy atom. The fourth-order valence-electron chi connectivity index (χ4n) is 1.18. The van der Waals surface area contributed by atoms with Crippen molar-refractivity contribution >= 4 is 5.97 Å². The maximum Gasteiger partial charge on any atom is 0.372 e. The van der Waals surface area contributed by atoms with Crippen LogP contribution in [0.5, 0.6) is 0 Å². The standard InChI is InChI=1S/C10H15NO5/c1-10(15,6-12)5-11-4-7-2-3-16-8(7)9(13)14/h2-3,11-12,15H,4-6H2,1H3,(H,13,14). The summed E-state index contributed by atoms with van der Waals surface area (Å²) in [6.07, 6.45) is 1.30. The van der Waals surface area contributed by atoms with Crippen LogP contribution < -0.4 is 5.32 Å². The molecular weight excluding hydrogens is 214 g/mol. The average molecular weight is 229 g/mol.